The first kappa shape index (κ1) is 15.4. The van der Waals surface area contributed by atoms with Crippen LogP contribution in [-0.4, -0.2) is 12.6 Å². The van der Waals surface area contributed by atoms with Gasteiger partial charge in [-0.1, -0.05) is 25.5 Å². The van der Waals surface area contributed by atoms with Crippen molar-refractivity contribution in [3.63, 3.8) is 0 Å². The van der Waals surface area contributed by atoms with E-state index in [1.807, 2.05) is 0 Å². The number of aryl methyl sites for hydroxylation is 2. The van der Waals surface area contributed by atoms with Crippen LogP contribution in [0.15, 0.2) is 12.1 Å². The molecular formula is C18H29NO. The molecule has 0 unspecified atom stereocenters. The van der Waals surface area contributed by atoms with Gasteiger partial charge in [-0.05, 0) is 75.1 Å². The van der Waals surface area contributed by atoms with Crippen molar-refractivity contribution in [3.8, 4) is 5.75 Å². The lowest BCUT2D eigenvalue weighted by Crippen LogP contribution is -2.24. The number of benzene rings is 1. The zero-order valence-electron chi connectivity index (χ0n) is 13.2. The molecule has 0 amide bonds. The van der Waals surface area contributed by atoms with E-state index < -0.39 is 0 Å². The van der Waals surface area contributed by atoms with Crippen LogP contribution >= 0.6 is 0 Å². The molecule has 1 aliphatic carbocycles. The number of nitrogens with two attached hydrogens (primary N) is 1. The summed E-state index contributed by atoms with van der Waals surface area (Å²) in [5.41, 5.74) is 9.48. The van der Waals surface area contributed by atoms with Gasteiger partial charge in [0.25, 0.3) is 0 Å². The van der Waals surface area contributed by atoms with E-state index in [0.717, 1.165) is 18.1 Å². The van der Waals surface area contributed by atoms with Gasteiger partial charge in [0.05, 0.1) is 6.10 Å². The summed E-state index contributed by atoms with van der Waals surface area (Å²) in [7, 11) is 0. The Bertz CT molecular complexity index is 410. The molecule has 0 saturated heterocycles. The van der Waals surface area contributed by atoms with Crippen molar-refractivity contribution in [1.29, 1.82) is 0 Å². The Balaban J connectivity index is 2.02. The minimum Gasteiger partial charge on any atom is -0.490 e. The molecule has 0 spiro atoms. The number of rotatable bonds is 5. The molecule has 0 bridgehead atoms. The zero-order chi connectivity index (χ0) is 14.5. The van der Waals surface area contributed by atoms with Crippen LogP contribution in [0, 0.1) is 19.8 Å². The van der Waals surface area contributed by atoms with Crippen molar-refractivity contribution < 1.29 is 4.74 Å². The summed E-state index contributed by atoms with van der Waals surface area (Å²) in [5.74, 6) is 2.02. The molecule has 112 valence electrons. The van der Waals surface area contributed by atoms with E-state index in [1.165, 1.54) is 48.8 Å². The predicted molar refractivity (Wildman–Crippen MR) is 85.3 cm³/mol. The molecular weight excluding hydrogens is 246 g/mol. The van der Waals surface area contributed by atoms with E-state index in [-0.39, 0.29) is 0 Å². The van der Waals surface area contributed by atoms with Crippen LogP contribution in [0.2, 0.25) is 0 Å². The molecule has 0 aliphatic heterocycles. The van der Waals surface area contributed by atoms with Crippen molar-refractivity contribution in [2.24, 2.45) is 11.7 Å². The minimum absolute atomic E-state index is 0.413. The molecule has 1 aliphatic rings. The van der Waals surface area contributed by atoms with Crippen molar-refractivity contribution in [2.75, 3.05) is 6.54 Å². The number of hydrogen-bond acceptors (Lipinski definition) is 2. The van der Waals surface area contributed by atoms with Crippen molar-refractivity contribution in [3.05, 3.63) is 28.8 Å². The van der Waals surface area contributed by atoms with Crippen LogP contribution in [-0.2, 0) is 6.42 Å². The Hall–Kier alpha value is -1.02. The first-order chi connectivity index (χ1) is 9.63. The maximum atomic E-state index is 6.31. The van der Waals surface area contributed by atoms with Gasteiger partial charge in [0.2, 0.25) is 0 Å². The first-order valence-corrected chi connectivity index (χ1v) is 8.10. The predicted octanol–water partition coefficient (Wildman–Crippen LogP) is 4.15. The molecule has 1 fully saturated rings. The summed E-state index contributed by atoms with van der Waals surface area (Å²) in [6.07, 6.45) is 7.75. The maximum Gasteiger partial charge on any atom is 0.125 e. The Morgan fingerprint density at radius 2 is 1.70 bits per heavy atom. The monoisotopic (exact) mass is 275 g/mol. The van der Waals surface area contributed by atoms with Crippen LogP contribution in [0.25, 0.3) is 0 Å². The molecule has 1 aromatic carbocycles. The van der Waals surface area contributed by atoms with Gasteiger partial charge in [0, 0.05) is 0 Å². The molecule has 1 aromatic rings. The van der Waals surface area contributed by atoms with Gasteiger partial charge in [-0.15, -0.1) is 0 Å². The highest BCUT2D eigenvalue weighted by molar-refractivity contribution is 5.43. The molecule has 2 heteroatoms. The summed E-state index contributed by atoms with van der Waals surface area (Å²) < 4.78 is 6.31. The van der Waals surface area contributed by atoms with Crippen LogP contribution in [0.3, 0.4) is 0 Å². The highest BCUT2D eigenvalue weighted by Crippen LogP contribution is 2.32. The average Bonchev–Trinajstić information content (AvgIpc) is 2.44. The summed E-state index contributed by atoms with van der Waals surface area (Å²) >= 11 is 0. The highest BCUT2D eigenvalue weighted by Gasteiger charge is 2.22. The third-order valence-electron chi connectivity index (χ3n) is 4.61. The Labute approximate surface area is 123 Å². The van der Waals surface area contributed by atoms with Gasteiger partial charge in [-0.3, -0.25) is 0 Å². The average molecular weight is 275 g/mol. The van der Waals surface area contributed by atoms with E-state index in [0.29, 0.717) is 12.6 Å². The second-order valence-electron chi connectivity index (χ2n) is 6.27. The van der Waals surface area contributed by atoms with Crippen molar-refractivity contribution >= 4 is 0 Å². The van der Waals surface area contributed by atoms with Gasteiger partial charge in [0.15, 0.2) is 0 Å². The van der Waals surface area contributed by atoms with Gasteiger partial charge in [-0.25, -0.2) is 0 Å². The lowest BCUT2D eigenvalue weighted by molar-refractivity contribution is 0.128. The third kappa shape index (κ3) is 3.76. The second kappa shape index (κ2) is 7.12. The molecule has 2 rings (SSSR count). The molecule has 0 aromatic heterocycles. The standard InChI is InChI=1S/C18H29NO/c1-4-15-5-7-17(8-6-15)20-18-13(2)11-16(9-10-19)12-14(18)3/h11-12,15,17H,4-10,19H2,1-3H3. The fourth-order valence-electron chi connectivity index (χ4n) is 3.36. The molecule has 1 saturated carbocycles. The first-order valence-electron chi connectivity index (χ1n) is 8.10. The fourth-order valence-corrected chi connectivity index (χ4v) is 3.36. The summed E-state index contributed by atoms with van der Waals surface area (Å²) in [6.45, 7) is 7.32. The summed E-state index contributed by atoms with van der Waals surface area (Å²) in [5, 5.41) is 0. The second-order valence-corrected chi connectivity index (χ2v) is 6.27. The molecule has 2 N–H and O–H groups in total. The molecule has 0 radical (unpaired) electrons. The van der Waals surface area contributed by atoms with E-state index in [9.17, 15) is 0 Å². The molecule has 2 nitrogen and oxygen atoms in total. The third-order valence-corrected chi connectivity index (χ3v) is 4.61. The van der Waals surface area contributed by atoms with Crippen LogP contribution in [0.4, 0.5) is 0 Å². The van der Waals surface area contributed by atoms with Crippen LogP contribution in [0.1, 0.15) is 55.7 Å². The van der Waals surface area contributed by atoms with E-state index >= 15 is 0 Å². The number of ether oxygens (including phenoxy) is 1. The smallest absolute Gasteiger partial charge is 0.125 e. The summed E-state index contributed by atoms with van der Waals surface area (Å²) in [4.78, 5) is 0. The lowest BCUT2D eigenvalue weighted by Gasteiger charge is -2.29. The van der Waals surface area contributed by atoms with Crippen LogP contribution < -0.4 is 10.5 Å². The Kier molecular flexibility index (Phi) is 5.47. The Morgan fingerprint density at radius 1 is 1.10 bits per heavy atom. The van der Waals surface area contributed by atoms with Gasteiger partial charge in [0.1, 0.15) is 5.75 Å². The van der Waals surface area contributed by atoms with Gasteiger partial charge < -0.3 is 10.5 Å². The van der Waals surface area contributed by atoms with Gasteiger partial charge >= 0.3 is 0 Å². The zero-order valence-corrected chi connectivity index (χ0v) is 13.2. The SMILES string of the molecule is CCC1CCC(Oc2c(C)cc(CCN)cc2C)CC1. The molecule has 20 heavy (non-hydrogen) atoms. The molecule has 0 atom stereocenters. The van der Waals surface area contributed by atoms with E-state index in [4.69, 9.17) is 10.5 Å². The largest absolute Gasteiger partial charge is 0.490 e. The number of hydrogen-bond donors (Lipinski definition) is 1. The lowest BCUT2D eigenvalue weighted by atomic mass is 9.86. The molecule has 0 heterocycles. The highest BCUT2D eigenvalue weighted by atomic mass is 16.5. The van der Waals surface area contributed by atoms with Crippen molar-refractivity contribution in [1.82, 2.24) is 0 Å². The topological polar surface area (TPSA) is 35.2 Å². The normalized spacial score (nSPS) is 22.8. The van der Waals surface area contributed by atoms with E-state index in [1.54, 1.807) is 0 Å². The van der Waals surface area contributed by atoms with E-state index in [2.05, 4.69) is 32.9 Å². The van der Waals surface area contributed by atoms with Crippen molar-refractivity contribution in [2.45, 2.75) is 65.4 Å². The maximum absolute atomic E-state index is 6.31. The Morgan fingerprint density at radius 3 is 2.20 bits per heavy atom. The fraction of sp³-hybridized carbons (Fsp3) is 0.667. The van der Waals surface area contributed by atoms with Crippen LogP contribution in [0.5, 0.6) is 5.75 Å². The summed E-state index contributed by atoms with van der Waals surface area (Å²) in [6, 6.07) is 4.46. The van der Waals surface area contributed by atoms with Gasteiger partial charge in [-0.2, -0.15) is 0 Å². The quantitative estimate of drug-likeness (QED) is 0.876. The minimum atomic E-state index is 0.413.